The van der Waals surface area contributed by atoms with E-state index in [-0.39, 0.29) is 10.9 Å². The molecule has 1 heterocycles. The van der Waals surface area contributed by atoms with Gasteiger partial charge in [-0.25, -0.2) is 8.42 Å². The molecule has 1 aromatic heterocycles. The lowest BCUT2D eigenvalue weighted by Gasteiger charge is -2.23. The van der Waals surface area contributed by atoms with Crippen molar-refractivity contribution in [3.63, 3.8) is 0 Å². The Labute approximate surface area is 110 Å². The third-order valence-electron chi connectivity index (χ3n) is 3.20. The maximum Gasteiger partial charge on any atom is 0.244 e. The number of halogens is 1. The summed E-state index contributed by atoms with van der Waals surface area (Å²) in [5.74, 6) is 0. The first-order valence-corrected chi connectivity index (χ1v) is 7.84. The lowest BCUT2D eigenvalue weighted by Crippen LogP contribution is -2.35. The maximum absolute atomic E-state index is 12.3. The van der Waals surface area contributed by atoms with Crippen LogP contribution in [0.2, 0.25) is 0 Å². The molecule has 0 aliphatic heterocycles. The standard InChI is InChI=1S/C11H15BrN2O2S/c1-14(10-4-2-3-5-10)17(15,16)11-6-9(12)7-13-8-11/h6-8,10H,2-5H2,1H3. The molecule has 1 aliphatic carbocycles. The highest BCUT2D eigenvalue weighted by molar-refractivity contribution is 9.10. The Bertz CT molecular complexity index is 498. The molecule has 1 aliphatic rings. The highest BCUT2D eigenvalue weighted by Crippen LogP contribution is 2.27. The molecule has 17 heavy (non-hydrogen) atoms. The van der Waals surface area contributed by atoms with E-state index in [0.29, 0.717) is 4.47 Å². The van der Waals surface area contributed by atoms with E-state index in [4.69, 9.17) is 0 Å². The van der Waals surface area contributed by atoms with Crippen molar-refractivity contribution in [1.29, 1.82) is 0 Å². The number of aromatic nitrogens is 1. The second kappa shape index (κ2) is 5.04. The smallest absolute Gasteiger partial charge is 0.244 e. The minimum atomic E-state index is -3.40. The van der Waals surface area contributed by atoms with Crippen LogP contribution < -0.4 is 0 Å². The SMILES string of the molecule is CN(C1CCCC1)S(=O)(=O)c1cncc(Br)c1. The Morgan fingerprint density at radius 2 is 2.00 bits per heavy atom. The lowest BCUT2D eigenvalue weighted by atomic mass is 10.3. The monoisotopic (exact) mass is 318 g/mol. The second-order valence-corrected chi connectivity index (χ2v) is 7.21. The molecule has 0 bridgehead atoms. The fraction of sp³-hybridized carbons (Fsp3) is 0.545. The number of sulfonamides is 1. The van der Waals surface area contributed by atoms with Crippen LogP contribution in [0.4, 0.5) is 0 Å². The molecule has 0 unspecified atom stereocenters. The highest BCUT2D eigenvalue weighted by Gasteiger charge is 2.30. The summed E-state index contributed by atoms with van der Waals surface area (Å²) in [5, 5.41) is 0. The summed E-state index contributed by atoms with van der Waals surface area (Å²) in [6.07, 6.45) is 7.11. The van der Waals surface area contributed by atoms with Gasteiger partial charge in [0.05, 0.1) is 0 Å². The second-order valence-electron chi connectivity index (χ2n) is 4.30. The molecule has 0 radical (unpaired) electrons. The average molecular weight is 319 g/mol. The molecule has 0 aromatic carbocycles. The highest BCUT2D eigenvalue weighted by atomic mass is 79.9. The van der Waals surface area contributed by atoms with Gasteiger partial charge in [0.15, 0.2) is 0 Å². The van der Waals surface area contributed by atoms with Gasteiger partial charge in [-0.2, -0.15) is 4.31 Å². The van der Waals surface area contributed by atoms with E-state index in [2.05, 4.69) is 20.9 Å². The van der Waals surface area contributed by atoms with Gasteiger partial charge in [0.25, 0.3) is 0 Å². The van der Waals surface area contributed by atoms with Crippen LogP contribution in [-0.2, 0) is 10.0 Å². The summed E-state index contributed by atoms with van der Waals surface area (Å²) in [5.41, 5.74) is 0. The number of pyridine rings is 1. The molecule has 0 N–H and O–H groups in total. The predicted octanol–water partition coefficient (Wildman–Crippen LogP) is 2.41. The molecular formula is C11H15BrN2O2S. The van der Waals surface area contributed by atoms with Crippen molar-refractivity contribution in [3.05, 3.63) is 22.9 Å². The van der Waals surface area contributed by atoms with Gasteiger partial charge in [-0.1, -0.05) is 12.8 Å². The molecule has 0 atom stereocenters. The van der Waals surface area contributed by atoms with Gasteiger partial charge in [0, 0.05) is 30.0 Å². The Morgan fingerprint density at radius 1 is 1.35 bits per heavy atom. The maximum atomic E-state index is 12.3. The fourth-order valence-electron chi connectivity index (χ4n) is 2.16. The molecule has 1 fully saturated rings. The molecule has 94 valence electrons. The molecular weight excluding hydrogens is 304 g/mol. The molecule has 0 amide bonds. The molecule has 2 rings (SSSR count). The molecule has 4 nitrogen and oxygen atoms in total. The number of hydrogen-bond acceptors (Lipinski definition) is 3. The summed E-state index contributed by atoms with van der Waals surface area (Å²) in [4.78, 5) is 4.16. The third kappa shape index (κ3) is 2.69. The largest absolute Gasteiger partial charge is 0.262 e. The van der Waals surface area contributed by atoms with Gasteiger partial charge >= 0.3 is 0 Å². The first kappa shape index (κ1) is 13.0. The zero-order valence-electron chi connectivity index (χ0n) is 9.63. The minimum Gasteiger partial charge on any atom is -0.262 e. The van der Waals surface area contributed by atoms with Crippen LogP contribution in [-0.4, -0.2) is 30.8 Å². The Morgan fingerprint density at radius 3 is 2.59 bits per heavy atom. The van der Waals surface area contributed by atoms with Crippen LogP contribution in [0.1, 0.15) is 25.7 Å². The van der Waals surface area contributed by atoms with Crippen molar-refractivity contribution < 1.29 is 8.42 Å². The first-order valence-electron chi connectivity index (χ1n) is 5.60. The van der Waals surface area contributed by atoms with Gasteiger partial charge in [0.2, 0.25) is 10.0 Å². The van der Waals surface area contributed by atoms with Crippen LogP contribution >= 0.6 is 15.9 Å². The average Bonchev–Trinajstić information content (AvgIpc) is 2.81. The van der Waals surface area contributed by atoms with Crippen LogP contribution in [0, 0.1) is 0 Å². The van der Waals surface area contributed by atoms with Crippen molar-refractivity contribution >= 4 is 26.0 Å². The summed E-state index contributed by atoms with van der Waals surface area (Å²) < 4.78 is 26.8. The van der Waals surface area contributed by atoms with Crippen molar-refractivity contribution in [2.24, 2.45) is 0 Å². The van der Waals surface area contributed by atoms with Gasteiger partial charge in [-0.05, 0) is 34.8 Å². The van der Waals surface area contributed by atoms with Crippen molar-refractivity contribution in [2.75, 3.05) is 7.05 Å². The van der Waals surface area contributed by atoms with E-state index in [1.165, 1.54) is 10.5 Å². The van der Waals surface area contributed by atoms with Crippen molar-refractivity contribution in [1.82, 2.24) is 9.29 Å². The molecule has 0 spiro atoms. The first-order chi connectivity index (χ1) is 8.01. The Hall–Kier alpha value is -0.460. The van der Waals surface area contributed by atoms with E-state index >= 15 is 0 Å². The fourth-order valence-corrected chi connectivity index (χ4v) is 4.09. The number of nitrogens with zero attached hydrogens (tertiary/aromatic N) is 2. The van der Waals surface area contributed by atoms with Crippen LogP contribution in [0.15, 0.2) is 27.8 Å². The van der Waals surface area contributed by atoms with E-state index < -0.39 is 10.0 Å². The Kier molecular flexibility index (Phi) is 3.85. The van der Waals surface area contributed by atoms with E-state index in [1.54, 1.807) is 19.3 Å². The minimum absolute atomic E-state index is 0.138. The van der Waals surface area contributed by atoms with Crippen molar-refractivity contribution in [3.8, 4) is 0 Å². The number of hydrogen-bond donors (Lipinski definition) is 0. The predicted molar refractivity (Wildman–Crippen MR) is 69.1 cm³/mol. The summed E-state index contributed by atoms with van der Waals surface area (Å²) in [6.45, 7) is 0. The number of rotatable bonds is 3. The zero-order valence-corrected chi connectivity index (χ0v) is 12.0. The lowest BCUT2D eigenvalue weighted by molar-refractivity contribution is 0.373. The van der Waals surface area contributed by atoms with Crippen LogP contribution in [0.3, 0.4) is 0 Å². The topological polar surface area (TPSA) is 50.3 Å². The zero-order chi connectivity index (χ0) is 12.5. The van der Waals surface area contributed by atoms with Crippen molar-refractivity contribution in [2.45, 2.75) is 36.6 Å². The molecule has 1 aromatic rings. The van der Waals surface area contributed by atoms with Gasteiger partial charge in [-0.15, -0.1) is 0 Å². The molecule has 0 saturated heterocycles. The van der Waals surface area contributed by atoms with Crippen LogP contribution in [0.5, 0.6) is 0 Å². The Balaban J connectivity index is 2.29. The summed E-state index contributed by atoms with van der Waals surface area (Å²) in [6, 6.07) is 1.73. The van der Waals surface area contributed by atoms with Gasteiger partial charge in [0.1, 0.15) is 4.90 Å². The van der Waals surface area contributed by atoms with E-state index in [1.807, 2.05) is 0 Å². The van der Waals surface area contributed by atoms with E-state index in [9.17, 15) is 8.42 Å². The van der Waals surface area contributed by atoms with Gasteiger partial charge < -0.3 is 0 Å². The quantitative estimate of drug-likeness (QED) is 0.860. The molecule has 6 heteroatoms. The van der Waals surface area contributed by atoms with Gasteiger partial charge in [-0.3, -0.25) is 4.98 Å². The summed E-state index contributed by atoms with van der Waals surface area (Å²) >= 11 is 3.24. The molecule has 1 saturated carbocycles. The normalized spacial score (nSPS) is 17.8. The summed E-state index contributed by atoms with van der Waals surface area (Å²) in [7, 11) is -1.75. The third-order valence-corrected chi connectivity index (χ3v) is 5.50. The van der Waals surface area contributed by atoms with E-state index in [0.717, 1.165) is 25.7 Å². The van der Waals surface area contributed by atoms with Crippen LogP contribution in [0.25, 0.3) is 0 Å².